The van der Waals surface area contributed by atoms with E-state index in [9.17, 15) is 13.2 Å². The van der Waals surface area contributed by atoms with Gasteiger partial charge in [-0.3, -0.25) is 4.57 Å². The zero-order chi connectivity index (χ0) is 19.3. The molecule has 0 unspecified atom stereocenters. The lowest BCUT2D eigenvalue weighted by molar-refractivity contribution is 0.308. The lowest BCUT2D eigenvalue weighted by atomic mass is 9.97. The van der Waals surface area contributed by atoms with Gasteiger partial charge in [-0.25, -0.2) is 17.9 Å². The van der Waals surface area contributed by atoms with Crippen molar-refractivity contribution in [2.45, 2.75) is 49.5 Å². The van der Waals surface area contributed by atoms with Crippen molar-refractivity contribution in [2.24, 2.45) is 7.05 Å². The summed E-state index contributed by atoms with van der Waals surface area (Å²) in [5.41, 5.74) is 0.617. The fraction of sp³-hybridized carbons (Fsp3) is 0.556. The molecule has 1 aromatic carbocycles. The summed E-state index contributed by atoms with van der Waals surface area (Å²) < 4.78 is 30.8. The van der Waals surface area contributed by atoms with Gasteiger partial charge in [-0.1, -0.05) is 17.7 Å². The number of benzene rings is 1. The molecule has 1 aliphatic carbocycles. The first-order valence-electron chi connectivity index (χ1n) is 9.21. The average Bonchev–Trinajstić information content (AvgIpc) is 3.43. The van der Waals surface area contributed by atoms with Gasteiger partial charge in [0, 0.05) is 37.1 Å². The maximum atomic E-state index is 13.0. The molecule has 0 radical (unpaired) electrons. The number of hydrogen-bond acceptors (Lipinski definition) is 4. The van der Waals surface area contributed by atoms with Crippen LogP contribution in [0.2, 0.25) is 5.02 Å². The van der Waals surface area contributed by atoms with Crippen LogP contribution in [0.25, 0.3) is 0 Å². The minimum atomic E-state index is -3.58. The summed E-state index contributed by atoms with van der Waals surface area (Å²) in [6.45, 7) is 2.60. The Labute approximate surface area is 163 Å². The number of sulfonamides is 1. The summed E-state index contributed by atoms with van der Waals surface area (Å²) >= 11 is 6.01. The van der Waals surface area contributed by atoms with Crippen molar-refractivity contribution in [3.63, 3.8) is 0 Å². The number of nitrogens with zero attached hydrogens (tertiary/aromatic N) is 4. The van der Waals surface area contributed by atoms with E-state index in [2.05, 4.69) is 5.10 Å². The Bertz CT molecular complexity index is 1030. The number of aryl methyl sites for hydroxylation is 2. The molecule has 27 heavy (non-hydrogen) atoms. The smallest absolute Gasteiger partial charge is 0.276 e. The van der Waals surface area contributed by atoms with Crippen molar-refractivity contribution in [1.29, 1.82) is 0 Å². The van der Waals surface area contributed by atoms with E-state index >= 15 is 0 Å². The highest BCUT2D eigenvalue weighted by molar-refractivity contribution is 7.89. The van der Waals surface area contributed by atoms with Crippen molar-refractivity contribution in [1.82, 2.24) is 18.7 Å². The van der Waals surface area contributed by atoms with Crippen LogP contribution >= 0.6 is 11.6 Å². The Morgan fingerprint density at radius 1 is 1.15 bits per heavy atom. The van der Waals surface area contributed by atoms with Gasteiger partial charge in [0.1, 0.15) is 5.82 Å². The number of aromatic nitrogens is 3. The summed E-state index contributed by atoms with van der Waals surface area (Å²) in [5, 5.41) is 4.86. The van der Waals surface area contributed by atoms with Crippen molar-refractivity contribution in [3.05, 3.63) is 45.1 Å². The van der Waals surface area contributed by atoms with E-state index in [1.54, 1.807) is 26.1 Å². The SMILES string of the molecule is Cc1ccc(Cl)cc1S(=O)(=O)N1CCC(c2nn(C)c(=O)n2C2CC2)CC1. The van der Waals surface area contributed by atoms with Gasteiger partial charge < -0.3 is 0 Å². The van der Waals surface area contributed by atoms with Gasteiger partial charge in [-0.05, 0) is 50.3 Å². The largest absolute Gasteiger partial charge is 0.345 e. The molecule has 0 spiro atoms. The maximum Gasteiger partial charge on any atom is 0.345 e. The lowest BCUT2D eigenvalue weighted by Crippen LogP contribution is -2.38. The standard InChI is InChI=1S/C18H23ClN4O3S/c1-12-3-4-14(19)11-16(12)27(25,26)22-9-7-13(8-10-22)17-20-21(2)18(24)23(17)15-5-6-15/h3-4,11,13,15H,5-10H2,1-2H3. The van der Waals surface area contributed by atoms with Gasteiger partial charge in [-0.2, -0.15) is 9.40 Å². The zero-order valence-electron chi connectivity index (χ0n) is 15.4. The summed E-state index contributed by atoms with van der Waals surface area (Å²) in [5.74, 6) is 0.910. The fourth-order valence-electron chi connectivity index (χ4n) is 3.80. The van der Waals surface area contributed by atoms with Crippen LogP contribution in [-0.4, -0.2) is 40.2 Å². The van der Waals surface area contributed by atoms with Crippen LogP contribution in [-0.2, 0) is 17.1 Å². The van der Waals surface area contributed by atoms with Crippen LogP contribution in [0.4, 0.5) is 0 Å². The minimum absolute atomic E-state index is 0.0721. The molecular formula is C18H23ClN4O3S. The summed E-state index contributed by atoms with van der Waals surface area (Å²) in [6, 6.07) is 5.20. The lowest BCUT2D eigenvalue weighted by Gasteiger charge is -2.31. The van der Waals surface area contributed by atoms with Crippen molar-refractivity contribution < 1.29 is 8.42 Å². The van der Waals surface area contributed by atoms with Crippen LogP contribution in [0.15, 0.2) is 27.9 Å². The molecular weight excluding hydrogens is 388 g/mol. The Balaban J connectivity index is 1.55. The zero-order valence-corrected chi connectivity index (χ0v) is 17.0. The number of hydrogen-bond donors (Lipinski definition) is 0. The molecule has 0 bridgehead atoms. The minimum Gasteiger partial charge on any atom is -0.276 e. The average molecular weight is 411 g/mol. The topological polar surface area (TPSA) is 77.2 Å². The molecule has 2 aromatic rings. The van der Waals surface area contributed by atoms with Crippen LogP contribution in [0.1, 0.15) is 49.0 Å². The predicted octanol–water partition coefficient (Wildman–Crippen LogP) is 2.45. The van der Waals surface area contributed by atoms with E-state index < -0.39 is 10.0 Å². The van der Waals surface area contributed by atoms with Crippen LogP contribution in [0.5, 0.6) is 0 Å². The molecule has 7 nitrogen and oxygen atoms in total. The molecule has 1 saturated carbocycles. The number of piperidine rings is 1. The molecule has 2 aliphatic rings. The van der Waals surface area contributed by atoms with E-state index in [1.807, 2.05) is 4.57 Å². The highest BCUT2D eigenvalue weighted by Crippen LogP contribution is 2.38. The molecule has 4 rings (SSSR count). The van der Waals surface area contributed by atoms with Gasteiger partial charge >= 0.3 is 5.69 Å². The van der Waals surface area contributed by atoms with E-state index in [0.717, 1.165) is 18.7 Å². The molecule has 2 heterocycles. The highest BCUT2D eigenvalue weighted by atomic mass is 35.5. The van der Waals surface area contributed by atoms with Gasteiger partial charge in [0.05, 0.1) is 4.90 Å². The van der Waals surface area contributed by atoms with E-state index in [4.69, 9.17) is 11.6 Å². The van der Waals surface area contributed by atoms with Crippen LogP contribution in [0, 0.1) is 6.92 Å². The first-order valence-corrected chi connectivity index (χ1v) is 11.0. The molecule has 0 amide bonds. The third-order valence-corrected chi connectivity index (χ3v) is 7.76. The molecule has 0 N–H and O–H groups in total. The second-order valence-corrected chi connectivity index (χ2v) is 9.80. The van der Waals surface area contributed by atoms with Crippen LogP contribution < -0.4 is 5.69 Å². The Morgan fingerprint density at radius 3 is 2.44 bits per heavy atom. The summed E-state index contributed by atoms with van der Waals surface area (Å²) in [6.07, 6.45) is 3.34. The second kappa shape index (κ2) is 6.76. The van der Waals surface area contributed by atoms with Gasteiger partial charge in [0.25, 0.3) is 0 Å². The van der Waals surface area contributed by atoms with Gasteiger partial charge in [-0.15, -0.1) is 0 Å². The molecule has 1 aromatic heterocycles. The number of halogens is 1. The maximum absolute atomic E-state index is 13.0. The normalized spacial score (nSPS) is 19.5. The Morgan fingerprint density at radius 2 is 1.81 bits per heavy atom. The Hall–Kier alpha value is -1.64. The second-order valence-electron chi connectivity index (χ2n) is 7.45. The molecule has 1 saturated heterocycles. The quantitative estimate of drug-likeness (QED) is 0.775. The number of rotatable bonds is 4. The predicted molar refractivity (Wildman–Crippen MR) is 103 cm³/mol. The van der Waals surface area contributed by atoms with E-state index in [1.165, 1.54) is 15.1 Å². The third-order valence-electron chi connectivity index (χ3n) is 5.48. The van der Waals surface area contributed by atoms with Crippen molar-refractivity contribution >= 4 is 21.6 Å². The first kappa shape index (κ1) is 18.7. The molecule has 0 atom stereocenters. The monoisotopic (exact) mass is 410 g/mol. The van der Waals surface area contributed by atoms with Gasteiger partial charge in [0.15, 0.2) is 0 Å². The summed E-state index contributed by atoms with van der Waals surface area (Å²) in [7, 11) is -1.91. The van der Waals surface area contributed by atoms with E-state index in [-0.39, 0.29) is 22.5 Å². The van der Waals surface area contributed by atoms with Crippen molar-refractivity contribution in [3.8, 4) is 0 Å². The Kier molecular flexibility index (Phi) is 4.68. The molecule has 1 aliphatic heterocycles. The molecule has 9 heteroatoms. The molecule has 2 fully saturated rings. The highest BCUT2D eigenvalue weighted by Gasteiger charge is 2.36. The third kappa shape index (κ3) is 3.34. The van der Waals surface area contributed by atoms with Crippen molar-refractivity contribution in [2.75, 3.05) is 13.1 Å². The van der Waals surface area contributed by atoms with E-state index in [0.29, 0.717) is 36.5 Å². The van der Waals surface area contributed by atoms with Crippen LogP contribution in [0.3, 0.4) is 0 Å². The van der Waals surface area contributed by atoms with Gasteiger partial charge in [0.2, 0.25) is 10.0 Å². The first-order chi connectivity index (χ1) is 12.8. The summed E-state index contributed by atoms with van der Waals surface area (Å²) in [4.78, 5) is 12.6. The fourth-order valence-corrected chi connectivity index (χ4v) is 5.76. The molecule has 146 valence electrons.